The van der Waals surface area contributed by atoms with Crippen LogP contribution in [0.4, 0.5) is 5.69 Å². The minimum atomic E-state index is -0.365. The molecule has 0 fully saturated rings. The predicted octanol–water partition coefficient (Wildman–Crippen LogP) is 3.28. The van der Waals surface area contributed by atoms with E-state index in [4.69, 9.17) is 5.73 Å². The third-order valence-electron chi connectivity index (χ3n) is 4.39. The molecule has 4 heteroatoms. The minimum Gasteiger partial charge on any atom is -0.398 e. The number of carbonyl (C=O) groups excluding carboxylic acids is 3. The van der Waals surface area contributed by atoms with Gasteiger partial charge >= 0.3 is 0 Å². The molecule has 25 heavy (non-hydrogen) atoms. The van der Waals surface area contributed by atoms with Crippen LogP contribution < -0.4 is 5.73 Å². The highest BCUT2D eigenvalue weighted by Gasteiger charge is 2.34. The van der Waals surface area contributed by atoms with Gasteiger partial charge < -0.3 is 5.73 Å². The van der Waals surface area contributed by atoms with Crippen molar-refractivity contribution in [3.8, 4) is 0 Å². The molecular weight excluding hydrogens is 314 g/mol. The summed E-state index contributed by atoms with van der Waals surface area (Å²) in [6.07, 6.45) is 0. The smallest absolute Gasteiger partial charge is 0.195 e. The fourth-order valence-electron chi connectivity index (χ4n) is 3.18. The number of benzene rings is 3. The maximum Gasteiger partial charge on any atom is 0.195 e. The molecule has 0 atom stereocenters. The molecule has 2 N–H and O–H groups in total. The normalized spacial score (nSPS) is 12.5. The number of rotatable bonds is 2. The molecule has 0 amide bonds. The van der Waals surface area contributed by atoms with Crippen molar-refractivity contribution in [2.45, 2.75) is 0 Å². The predicted molar refractivity (Wildman–Crippen MR) is 94.0 cm³/mol. The summed E-state index contributed by atoms with van der Waals surface area (Å²) in [5.41, 5.74) is 7.69. The van der Waals surface area contributed by atoms with Crippen LogP contribution in [0.2, 0.25) is 0 Å². The quantitative estimate of drug-likeness (QED) is 0.453. The molecule has 4 nitrogen and oxygen atoms in total. The van der Waals surface area contributed by atoms with E-state index in [-0.39, 0.29) is 39.7 Å². The fourth-order valence-corrected chi connectivity index (χ4v) is 3.18. The molecule has 0 aliphatic heterocycles. The van der Waals surface area contributed by atoms with E-state index >= 15 is 0 Å². The Morgan fingerprint density at radius 3 is 1.96 bits per heavy atom. The lowest BCUT2D eigenvalue weighted by Crippen LogP contribution is -2.25. The van der Waals surface area contributed by atoms with Crippen LogP contribution in [0.5, 0.6) is 0 Å². The van der Waals surface area contributed by atoms with Crippen LogP contribution in [0.1, 0.15) is 47.8 Å². The van der Waals surface area contributed by atoms with E-state index in [0.29, 0.717) is 16.7 Å². The Morgan fingerprint density at radius 1 is 0.680 bits per heavy atom. The lowest BCUT2D eigenvalue weighted by molar-refractivity contribution is 0.0971. The monoisotopic (exact) mass is 327 g/mol. The van der Waals surface area contributed by atoms with Gasteiger partial charge in [0.2, 0.25) is 0 Å². The van der Waals surface area contributed by atoms with E-state index in [1.165, 1.54) is 12.1 Å². The zero-order chi connectivity index (χ0) is 17.6. The molecule has 1 aliphatic carbocycles. The van der Waals surface area contributed by atoms with Crippen LogP contribution in [-0.4, -0.2) is 17.3 Å². The number of anilines is 1. The Balaban J connectivity index is 1.99. The van der Waals surface area contributed by atoms with Crippen molar-refractivity contribution in [2.75, 3.05) is 5.73 Å². The molecular formula is C21H13NO3. The minimum absolute atomic E-state index is 0.0940. The second-order valence-electron chi connectivity index (χ2n) is 5.85. The zero-order valence-electron chi connectivity index (χ0n) is 13.2. The molecule has 0 spiro atoms. The van der Waals surface area contributed by atoms with Crippen molar-refractivity contribution < 1.29 is 14.4 Å². The highest BCUT2D eigenvalue weighted by atomic mass is 16.1. The molecule has 3 aromatic rings. The first kappa shape index (κ1) is 15.0. The molecule has 0 saturated carbocycles. The SMILES string of the molecule is Nc1ccc2c(c1C(=O)c1ccccc1)C(=O)c1ccccc1C2=O. The molecule has 3 aromatic carbocycles. The summed E-state index contributed by atoms with van der Waals surface area (Å²) >= 11 is 0. The third kappa shape index (κ3) is 2.19. The first-order valence-electron chi connectivity index (χ1n) is 7.80. The lowest BCUT2D eigenvalue weighted by atomic mass is 9.80. The fraction of sp³-hybridized carbons (Fsp3) is 0. The molecule has 0 heterocycles. The van der Waals surface area contributed by atoms with E-state index in [0.717, 1.165) is 0 Å². The first-order valence-corrected chi connectivity index (χ1v) is 7.80. The van der Waals surface area contributed by atoms with Crippen molar-refractivity contribution in [3.63, 3.8) is 0 Å². The van der Waals surface area contributed by atoms with Gasteiger partial charge in [-0.3, -0.25) is 14.4 Å². The van der Waals surface area contributed by atoms with Gasteiger partial charge in [0.1, 0.15) is 0 Å². The van der Waals surface area contributed by atoms with Gasteiger partial charge in [-0.2, -0.15) is 0 Å². The molecule has 0 bridgehead atoms. The van der Waals surface area contributed by atoms with Gasteiger partial charge in [-0.25, -0.2) is 0 Å². The van der Waals surface area contributed by atoms with Gasteiger partial charge in [-0.05, 0) is 12.1 Å². The molecule has 120 valence electrons. The second-order valence-corrected chi connectivity index (χ2v) is 5.85. The van der Waals surface area contributed by atoms with Crippen molar-refractivity contribution >= 4 is 23.0 Å². The van der Waals surface area contributed by atoms with Gasteiger partial charge in [0.25, 0.3) is 0 Å². The van der Waals surface area contributed by atoms with Crippen LogP contribution in [0, 0.1) is 0 Å². The average molecular weight is 327 g/mol. The largest absolute Gasteiger partial charge is 0.398 e. The van der Waals surface area contributed by atoms with E-state index in [9.17, 15) is 14.4 Å². The standard InChI is InChI=1S/C21H13NO3/c22-16-11-10-15-17(18(16)19(23)12-6-2-1-3-7-12)21(25)14-9-5-4-8-13(14)20(15)24/h1-11H,22H2. The van der Waals surface area contributed by atoms with Crippen molar-refractivity contribution in [3.05, 3.63) is 100 Å². The number of nitrogens with two attached hydrogens (primary N) is 1. The summed E-state index contributed by atoms with van der Waals surface area (Å²) in [6, 6.07) is 18.2. The molecule has 4 rings (SSSR count). The van der Waals surface area contributed by atoms with E-state index in [1.807, 2.05) is 0 Å². The summed E-state index contributed by atoms with van der Waals surface area (Å²) < 4.78 is 0. The number of hydrogen-bond donors (Lipinski definition) is 1. The summed E-state index contributed by atoms with van der Waals surface area (Å²) in [5, 5.41) is 0. The van der Waals surface area contributed by atoms with Crippen LogP contribution in [0.15, 0.2) is 66.7 Å². The Morgan fingerprint density at radius 2 is 1.28 bits per heavy atom. The second kappa shape index (κ2) is 5.53. The molecule has 0 aromatic heterocycles. The first-order chi connectivity index (χ1) is 12.1. The Kier molecular flexibility index (Phi) is 3.32. The number of ketones is 3. The summed E-state index contributed by atoms with van der Waals surface area (Å²) in [4.78, 5) is 38.7. The van der Waals surface area contributed by atoms with Gasteiger partial charge in [-0.15, -0.1) is 0 Å². The Labute approximate surface area is 143 Å². The Bertz CT molecular complexity index is 1050. The molecule has 1 aliphatic rings. The van der Waals surface area contributed by atoms with E-state index in [1.54, 1.807) is 54.6 Å². The molecule has 0 radical (unpaired) electrons. The number of hydrogen-bond acceptors (Lipinski definition) is 4. The summed E-state index contributed by atoms with van der Waals surface area (Å²) in [6.45, 7) is 0. The van der Waals surface area contributed by atoms with Gasteiger partial charge in [0.05, 0.1) is 5.56 Å². The zero-order valence-corrected chi connectivity index (χ0v) is 13.2. The van der Waals surface area contributed by atoms with E-state index < -0.39 is 0 Å². The van der Waals surface area contributed by atoms with Crippen LogP contribution >= 0.6 is 0 Å². The van der Waals surface area contributed by atoms with Gasteiger partial charge in [-0.1, -0.05) is 54.6 Å². The topological polar surface area (TPSA) is 77.2 Å². The maximum absolute atomic E-state index is 13.0. The van der Waals surface area contributed by atoms with Crippen LogP contribution in [-0.2, 0) is 0 Å². The van der Waals surface area contributed by atoms with Crippen LogP contribution in [0.3, 0.4) is 0 Å². The van der Waals surface area contributed by atoms with Crippen LogP contribution in [0.25, 0.3) is 0 Å². The number of nitrogen functional groups attached to an aromatic ring is 1. The average Bonchev–Trinajstić information content (AvgIpc) is 2.66. The molecule has 0 unspecified atom stereocenters. The Hall–Kier alpha value is -3.53. The highest BCUT2D eigenvalue weighted by Crippen LogP contribution is 2.33. The third-order valence-corrected chi connectivity index (χ3v) is 4.39. The van der Waals surface area contributed by atoms with Crippen molar-refractivity contribution in [1.29, 1.82) is 0 Å². The van der Waals surface area contributed by atoms with Gasteiger partial charge in [0, 0.05) is 33.5 Å². The number of carbonyl (C=O) groups is 3. The summed E-state index contributed by atoms with van der Waals surface area (Å²) in [7, 11) is 0. The van der Waals surface area contributed by atoms with Gasteiger partial charge in [0.15, 0.2) is 17.3 Å². The molecule has 0 saturated heterocycles. The summed E-state index contributed by atoms with van der Waals surface area (Å²) in [5.74, 6) is -0.987. The van der Waals surface area contributed by atoms with Crippen molar-refractivity contribution in [2.24, 2.45) is 0 Å². The number of fused-ring (bicyclic) bond motifs is 2. The van der Waals surface area contributed by atoms with E-state index in [2.05, 4.69) is 0 Å². The lowest BCUT2D eigenvalue weighted by Gasteiger charge is -2.20. The maximum atomic E-state index is 13.0. The van der Waals surface area contributed by atoms with Crippen molar-refractivity contribution in [1.82, 2.24) is 0 Å². The highest BCUT2D eigenvalue weighted by molar-refractivity contribution is 6.32.